The highest BCUT2D eigenvalue weighted by atomic mass is 19.1. The van der Waals surface area contributed by atoms with Gasteiger partial charge in [-0.25, -0.2) is 13.5 Å². The summed E-state index contributed by atoms with van der Waals surface area (Å²) in [5.41, 5.74) is 1.47. The average molecular weight is 342 g/mol. The van der Waals surface area contributed by atoms with Gasteiger partial charge in [0.15, 0.2) is 11.5 Å². The van der Waals surface area contributed by atoms with E-state index in [-0.39, 0.29) is 17.3 Å². The molecule has 0 aliphatic rings. The zero-order valence-electron chi connectivity index (χ0n) is 13.8. The molecule has 0 radical (unpaired) electrons. The normalized spacial score (nSPS) is 10.7. The number of anilines is 1. The van der Waals surface area contributed by atoms with Crippen LogP contribution in [0.3, 0.4) is 0 Å². The summed E-state index contributed by atoms with van der Waals surface area (Å²) >= 11 is 0. The molecule has 0 spiro atoms. The van der Waals surface area contributed by atoms with Gasteiger partial charge in [-0.1, -0.05) is 0 Å². The van der Waals surface area contributed by atoms with Crippen molar-refractivity contribution >= 4 is 11.6 Å². The number of nitrogens with zero attached hydrogens (tertiary/aromatic N) is 4. The van der Waals surface area contributed by atoms with Gasteiger partial charge in [-0.05, 0) is 44.2 Å². The summed E-state index contributed by atoms with van der Waals surface area (Å²) in [6, 6.07) is 8.31. The molecule has 128 valence electrons. The molecule has 0 unspecified atom stereocenters. The van der Waals surface area contributed by atoms with Gasteiger partial charge in [-0.3, -0.25) is 9.78 Å². The Kier molecular flexibility index (Phi) is 4.56. The molecule has 25 heavy (non-hydrogen) atoms. The van der Waals surface area contributed by atoms with E-state index in [9.17, 15) is 13.6 Å². The summed E-state index contributed by atoms with van der Waals surface area (Å²) < 4.78 is 28.4. The number of rotatable bonds is 4. The highest BCUT2D eigenvalue weighted by molar-refractivity contribution is 6.04. The number of aromatic nitrogens is 3. The molecule has 1 aromatic carbocycles. The van der Waals surface area contributed by atoms with Crippen LogP contribution in [-0.4, -0.2) is 27.2 Å². The number of carbonyl (C=O) groups excluding carboxylic acids is 1. The zero-order valence-corrected chi connectivity index (χ0v) is 13.8. The third-order valence-electron chi connectivity index (χ3n) is 3.76. The maximum Gasteiger partial charge on any atom is 0.278 e. The van der Waals surface area contributed by atoms with E-state index in [0.717, 1.165) is 12.1 Å². The Labute approximate surface area is 143 Å². The Balaban J connectivity index is 1.97. The van der Waals surface area contributed by atoms with Crippen LogP contribution < -0.4 is 4.90 Å². The molecule has 0 saturated carbocycles. The van der Waals surface area contributed by atoms with Crippen LogP contribution in [0.1, 0.15) is 23.1 Å². The first-order chi connectivity index (χ1) is 12.0. The lowest BCUT2D eigenvalue weighted by molar-refractivity contribution is 0.0983. The number of hydrogen-bond donors (Lipinski definition) is 0. The number of benzene rings is 1. The predicted molar refractivity (Wildman–Crippen MR) is 89.8 cm³/mol. The second-order valence-electron chi connectivity index (χ2n) is 5.44. The second-order valence-corrected chi connectivity index (χ2v) is 5.44. The smallest absolute Gasteiger partial charge is 0.278 e. The van der Waals surface area contributed by atoms with Crippen molar-refractivity contribution in [2.24, 2.45) is 0 Å². The molecule has 0 aliphatic carbocycles. The van der Waals surface area contributed by atoms with Crippen molar-refractivity contribution in [2.75, 3.05) is 11.4 Å². The molecule has 2 heterocycles. The molecule has 0 N–H and O–H groups in total. The van der Waals surface area contributed by atoms with Gasteiger partial charge in [0.2, 0.25) is 0 Å². The Bertz CT molecular complexity index is 909. The Morgan fingerprint density at radius 2 is 2.04 bits per heavy atom. The maximum absolute atomic E-state index is 14.0. The average Bonchev–Trinajstić information content (AvgIpc) is 2.98. The third-order valence-corrected chi connectivity index (χ3v) is 3.76. The van der Waals surface area contributed by atoms with Gasteiger partial charge >= 0.3 is 0 Å². The Morgan fingerprint density at radius 1 is 1.24 bits per heavy atom. The van der Waals surface area contributed by atoms with Crippen LogP contribution in [0, 0.1) is 18.6 Å². The highest BCUT2D eigenvalue weighted by Gasteiger charge is 2.21. The summed E-state index contributed by atoms with van der Waals surface area (Å²) in [7, 11) is 0. The second kappa shape index (κ2) is 6.80. The molecule has 1 amide bonds. The topological polar surface area (TPSA) is 51.0 Å². The first kappa shape index (κ1) is 16.8. The van der Waals surface area contributed by atoms with Crippen molar-refractivity contribution in [3.8, 4) is 5.69 Å². The van der Waals surface area contributed by atoms with E-state index in [4.69, 9.17) is 0 Å². The maximum atomic E-state index is 14.0. The van der Waals surface area contributed by atoms with Crippen LogP contribution in [-0.2, 0) is 0 Å². The number of halogens is 2. The fourth-order valence-corrected chi connectivity index (χ4v) is 2.57. The van der Waals surface area contributed by atoms with Crippen molar-refractivity contribution in [3.63, 3.8) is 0 Å². The lowest BCUT2D eigenvalue weighted by Gasteiger charge is -2.19. The van der Waals surface area contributed by atoms with Crippen LogP contribution in [0.5, 0.6) is 0 Å². The van der Waals surface area contributed by atoms with Crippen LogP contribution in [0.2, 0.25) is 0 Å². The lowest BCUT2D eigenvalue weighted by atomic mass is 10.2. The first-order valence-corrected chi connectivity index (χ1v) is 7.75. The highest BCUT2D eigenvalue weighted by Crippen LogP contribution is 2.19. The van der Waals surface area contributed by atoms with E-state index >= 15 is 0 Å². The van der Waals surface area contributed by atoms with Crippen molar-refractivity contribution in [1.82, 2.24) is 14.8 Å². The number of hydrogen-bond acceptors (Lipinski definition) is 3. The largest absolute Gasteiger partial charge is 0.306 e. The molecule has 2 aromatic heterocycles. The van der Waals surface area contributed by atoms with Crippen molar-refractivity contribution in [3.05, 3.63) is 71.8 Å². The molecule has 3 aromatic rings. The van der Waals surface area contributed by atoms with Crippen LogP contribution >= 0.6 is 0 Å². The van der Waals surface area contributed by atoms with Crippen molar-refractivity contribution in [1.29, 1.82) is 0 Å². The van der Waals surface area contributed by atoms with Crippen molar-refractivity contribution in [2.45, 2.75) is 13.8 Å². The molecule has 0 fully saturated rings. The molecule has 0 atom stereocenters. The zero-order chi connectivity index (χ0) is 18.0. The summed E-state index contributed by atoms with van der Waals surface area (Å²) in [5, 5.41) is 4.21. The SMILES string of the molecule is CCN(C(=O)c1cc(C)n(-c2ccc(F)cc2F)n1)c1cccnc1. The van der Waals surface area contributed by atoms with E-state index < -0.39 is 11.6 Å². The van der Waals surface area contributed by atoms with Gasteiger partial charge in [0, 0.05) is 24.5 Å². The molecule has 0 saturated heterocycles. The van der Waals surface area contributed by atoms with Gasteiger partial charge in [-0.15, -0.1) is 0 Å². The molecule has 0 bridgehead atoms. The van der Waals surface area contributed by atoms with Gasteiger partial charge in [0.1, 0.15) is 11.5 Å². The summed E-state index contributed by atoms with van der Waals surface area (Å²) in [4.78, 5) is 18.3. The molecule has 7 heteroatoms. The predicted octanol–water partition coefficient (Wildman–Crippen LogP) is 3.52. The van der Waals surface area contributed by atoms with Crippen LogP contribution in [0.25, 0.3) is 5.69 Å². The minimum atomic E-state index is -0.746. The Hall–Kier alpha value is -3.09. The minimum Gasteiger partial charge on any atom is -0.306 e. The number of aryl methyl sites for hydroxylation is 1. The molecular weight excluding hydrogens is 326 g/mol. The van der Waals surface area contributed by atoms with Crippen LogP contribution in [0.15, 0.2) is 48.8 Å². The van der Waals surface area contributed by atoms with Gasteiger partial charge < -0.3 is 4.90 Å². The number of amides is 1. The lowest BCUT2D eigenvalue weighted by Crippen LogP contribution is -2.31. The molecule has 5 nitrogen and oxygen atoms in total. The Morgan fingerprint density at radius 3 is 2.68 bits per heavy atom. The van der Waals surface area contributed by atoms with E-state index in [0.29, 0.717) is 17.9 Å². The van der Waals surface area contributed by atoms with E-state index in [1.165, 1.54) is 15.6 Å². The quantitative estimate of drug-likeness (QED) is 0.729. The summed E-state index contributed by atoms with van der Waals surface area (Å²) in [6.07, 6.45) is 3.21. The fraction of sp³-hybridized carbons (Fsp3) is 0.167. The number of carbonyl (C=O) groups is 1. The van der Waals surface area contributed by atoms with E-state index in [1.807, 2.05) is 6.92 Å². The molecular formula is C18H16F2N4O. The van der Waals surface area contributed by atoms with E-state index in [1.54, 1.807) is 37.5 Å². The molecule has 0 aliphatic heterocycles. The minimum absolute atomic E-state index is 0.0855. The third kappa shape index (κ3) is 3.26. The first-order valence-electron chi connectivity index (χ1n) is 7.75. The standard InChI is InChI=1S/C18H16F2N4O/c1-3-23(14-5-4-8-21-11-14)18(25)16-9-12(2)24(22-16)17-7-6-13(19)10-15(17)20/h4-11H,3H2,1-2H3. The fourth-order valence-electron chi connectivity index (χ4n) is 2.57. The summed E-state index contributed by atoms with van der Waals surface area (Å²) in [6.45, 7) is 3.97. The summed E-state index contributed by atoms with van der Waals surface area (Å²) in [5.74, 6) is -1.74. The van der Waals surface area contributed by atoms with Gasteiger partial charge in [0.25, 0.3) is 5.91 Å². The number of pyridine rings is 1. The molecule has 3 rings (SSSR count). The van der Waals surface area contributed by atoms with Crippen LogP contribution in [0.4, 0.5) is 14.5 Å². The van der Waals surface area contributed by atoms with E-state index in [2.05, 4.69) is 10.1 Å². The van der Waals surface area contributed by atoms with Gasteiger partial charge in [-0.2, -0.15) is 5.10 Å². The van der Waals surface area contributed by atoms with Gasteiger partial charge in [0.05, 0.1) is 11.9 Å². The van der Waals surface area contributed by atoms with Crippen molar-refractivity contribution < 1.29 is 13.6 Å². The monoisotopic (exact) mass is 342 g/mol.